The Morgan fingerprint density at radius 1 is 0.769 bits per heavy atom. The summed E-state index contributed by atoms with van der Waals surface area (Å²) in [6, 6.07) is 0. The highest BCUT2D eigenvalue weighted by Crippen LogP contribution is 2.13. The van der Waals surface area contributed by atoms with Crippen LogP contribution in [0.4, 0.5) is 0 Å². The summed E-state index contributed by atoms with van der Waals surface area (Å²) in [6.07, 6.45) is 2.87. The molecule has 0 fully saturated rings. The number of carbonyl (C=O) groups is 2. The van der Waals surface area contributed by atoms with Crippen LogP contribution in [-0.2, 0) is 9.59 Å². The molecule has 0 aromatic carbocycles. The lowest BCUT2D eigenvalue weighted by molar-refractivity contribution is -0.909. The first kappa shape index (κ1) is 24.9. The maximum Gasteiger partial charge on any atom is 0.225 e. The van der Waals surface area contributed by atoms with Gasteiger partial charge in [-0.2, -0.15) is 0 Å². The van der Waals surface area contributed by atoms with Gasteiger partial charge in [-0.3, -0.25) is 9.59 Å². The van der Waals surface area contributed by atoms with Gasteiger partial charge < -0.3 is 20.9 Å². The molecule has 4 N–H and O–H groups in total. The number of nitrogens with two attached hydrogens (primary N) is 1. The lowest BCUT2D eigenvalue weighted by Gasteiger charge is -2.35. The van der Waals surface area contributed by atoms with Crippen LogP contribution in [0.15, 0.2) is 0 Å². The van der Waals surface area contributed by atoms with Crippen LogP contribution in [0.1, 0.15) is 60.8 Å². The Kier molecular flexibility index (Phi) is 10.4. The average molecular weight is 372 g/mol. The number of hydrogen-bond acceptors (Lipinski definition) is 3. The number of nitrogens with zero attached hydrogens (tertiary/aromatic N) is 1. The topological polar surface area (TPSA) is 84.2 Å². The summed E-state index contributed by atoms with van der Waals surface area (Å²) < 4.78 is 0.925. The third-order valence-electron chi connectivity index (χ3n) is 4.59. The first-order valence-corrected chi connectivity index (χ1v) is 9.92. The molecule has 154 valence electrons. The van der Waals surface area contributed by atoms with Gasteiger partial charge in [-0.15, -0.1) is 0 Å². The molecule has 0 aromatic heterocycles. The summed E-state index contributed by atoms with van der Waals surface area (Å²) in [7, 11) is 2.24. The van der Waals surface area contributed by atoms with Crippen molar-refractivity contribution in [1.82, 2.24) is 10.6 Å². The molecule has 6 nitrogen and oxygen atoms in total. The predicted octanol–water partition coefficient (Wildman–Crippen LogP) is 1.89. The van der Waals surface area contributed by atoms with Gasteiger partial charge in [0.25, 0.3) is 0 Å². The summed E-state index contributed by atoms with van der Waals surface area (Å²) in [5, 5.41) is 6.04. The zero-order chi connectivity index (χ0) is 20.4. The molecule has 0 saturated heterocycles. The molecule has 0 aromatic rings. The molecule has 0 atom stereocenters. The molecule has 0 aliphatic heterocycles. The van der Waals surface area contributed by atoms with Gasteiger partial charge in [0.05, 0.1) is 26.7 Å². The van der Waals surface area contributed by atoms with E-state index < -0.39 is 0 Å². The van der Waals surface area contributed by atoms with E-state index in [0.717, 1.165) is 43.4 Å². The molecular formula is C20H43N4O2+. The maximum absolute atomic E-state index is 11.9. The Morgan fingerprint density at radius 2 is 1.12 bits per heavy atom. The zero-order valence-electron chi connectivity index (χ0n) is 18.2. The third-order valence-corrected chi connectivity index (χ3v) is 4.59. The molecule has 0 aliphatic rings. The highest BCUT2D eigenvalue weighted by molar-refractivity contribution is 5.81. The molecule has 0 radical (unpaired) electrons. The third kappa shape index (κ3) is 10.8. The summed E-state index contributed by atoms with van der Waals surface area (Å²) in [6.45, 7) is 16.7. The minimum atomic E-state index is -0.344. The van der Waals surface area contributed by atoms with E-state index in [0.29, 0.717) is 19.6 Å². The fourth-order valence-corrected chi connectivity index (χ4v) is 2.66. The molecule has 0 rings (SSSR count). The molecular weight excluding hydrogens is 328 g/mol. The molecule has 6 heteroatoms. The highest BCUT2D eigenvalue weighted by atomic mass is 16.2. The van der Waals surface area contributed by atoms with Gasteiger partial charge in [-0.05, 0) is 6.54 Å². The molecule has 0 aliphatic carbocycles. The minimum absolute atomic E-state index is 0.0959. The number of nitrogens with one attached hydrogen (secondary N) is 2. The second kappa shape index (κ2) is 10.9. The van der Waals surface area contributed by atoms with Crippen molar-refractivity contribution in [2.45, 2.75) is 60.8 Å². The predicted molar refractivity (Wildman–Crippen MR) is 109 cm³/mol. The number of quaternary nitrogens is 1. The summed E-state index contributed by atoms with van der Waals surface area (Å²) in [4.78, 5) is 23.9. The van der Waals surface area contributed by atoms with Crippen molar-refractivity contribution < 1.29 is 14.1 Å². The van der Waals surface area contributed by atoms with Crippen LogP contribution in [-0.4, -0.2) is 62.6 Å². The van der Waals surface area contributed by atoms with Crippen LogP contribution >= 0.6 is 0 Å². The van der Waals surface area contributed by atoms with E-state index in [1.165, 1.54) is 0 Å². The standard InChI is InChI=1S/C20H42N4O2/c1-19(2,3)17(25)22-12-9-15-24(7,14-8-11-21)16-10-13-23-18(26)20(4,5)6/h8-16,21H2,1-7H3,(H-,22,23,25,26)/p+1. The Hall–Kier alpha value is -1.14. The van der Waals surface area contributed by atoms with Crippen LogP contribution in [0.3, 0.4) is 0 Å². The van der Waals surface area contributed by atoms with Gasteiger partial charge in [0.15, 0.2) is 0 Å². The Bertz CT molecular complexity index is 402. The van der Waals surface area contributed by atoms with Crippen LogP contribution in [0.25, 0.3) is 0 Å². The smallest absolute Gasteiger partial charge is 0.225 e. The monoisotopic (exact) mass is 371 g/mol. The van der Waals surface area contributed by atoms with Crippen LogP contribution in [0.5, 0.6) is 0 Å². The largest absolute Gasteiger partial charge is 0.355 e. The molecule has 0 spiro atoms. The van der Waals surface area contributed by atoms with E-state index >= 15 is 0 Å². The first-order chi connectivity index (χ1) is 11.8. The average Bonchev–Trinajstić information content (AvgIpc) is 2.51. The summed E-state index contributed by atoms with van der Waals surface area (Å²) in [5.74, 6) is 0.192. The molecule has 0 heterocycles. The van der Waals surface area contributed by atoms with Crippen molar-refractivity contribution in [2.75, 3.05) is 46.3 Å². The molecule has 0 bridgehead atoms. The Balaban J connectivity index is 4.34. The fraction of sp³-hybridized carbons (Fsp3) is 0.900. The molecule has 2 amide bonds. The van der Waals surface area contributed by atoms with Gasteiger partial charge in [0, 0.05) is 43.2 Å². The second-order valence-electron chi connectivity index (χ2n) is 9.65. The first-order valence-electron chi connectivity index (χ1n) is 9.92. The van der Waals surface area contributed by atoms with Gasteiger partial charge in [-0.25, -0.2) is 0 Å². The van der Waals surface area contributed by atoms with Crippen LogP contribution < -0.4 is 16.4 Å². The second-order valence-corrected chi connectivity index (χ2v) is 9.65. The minimum Gasteiger partial charge on any atom is -0.355 e. The summed E-state index contributed by atoms with van der Waals surface area (Å²) in [5.41, 5.74) is 5.01. The van der Waals surface area contributed by atoms with Crippen molar-refractivity contribution in [3.8, 4) is 0 Å². The van der Waals surface area contributed by atoms with E-state index in [1.807, 2.05) is 41.5 Å². The lowest BCUT2D eigenvalue weighted by Crippen LogP contribution is -2.49. The van der Waals surface area contributed by atoms with Crippen molar-refractivity contribution in [3.63, 3.8) is 0 Å². The van der Waals surface area contributed by atoms with Crippen LogP contribution in [0, 0.1) is 10.8 Å². The molecule has 0 unspecified atom stereocenters. The Labute approximate surface area is 160 Å². The van der Waals surface area contributed by atoms with Crippen molar-refractivity contribution in [1.29, 1.82) is 0 Å². The van der Waals surface area contributed by atoms with Gasteiger partial charge in [0.1, 0.15) is 0 Å². The molecule has 26 heavy (non-hydrogen) atoms. The van der Waals surface area contributed by atoms with Gasteiger partial charge >= 0.3 is 0 Å². The van der Waals surface area contributed by atoms with E-state index in [-0.39, 0.29) is 22.6 Å². The highest BCUT2D eigenvalue weighted by Gasteiger charge is 2.24. The SMILES string of the molecule is CC(C)(C)C(=O)NCCC[N+](C)(CCCN)CCCNC(=O)C(C)(C)C. The zero-order valence-corrected chi connectivity index (χ0v) is 18.2. The van der Waals surface area contributed by atoms with Crippen molar-refractivity contribution in [2.24, 2.45) is 16.6 Å². The summed E-state index contributed by atoms with van der Waals surface area (Å²) >= 11 is 0. The Morgan fingerprint density at radius 3 is 1.42 bits per heavy atom. The van der Waals surface area contributed by atoms with E-state index in [2.05, 4.69) is 17.7 Å². The number of carbonyl (C=O) groups excluding carboxylic acids is 2. The van der Waals surface area contributed by atoms with Crippen molar-refractivity contribution >= 4 is 11.8 Å². The van der Waals surface area contributed by atoms with E-state index in [1.54, 1.807) is 0 Å². The number of rotatable bonds is 11. The quantitative estimate of drug-likeness (QED) is 0.383. The van der Waals surface area contributed by atoms with E-state index in [4.69, 9.17) is 5.73 Å². The fourth-order valence-electron chi connectivity index (χ4n) is 2.66. The van der Waals surface area contributed by atoms with Gasteiger partial charge in [-0.1, -0.05) is 41.5 Å². The lowest BCUT2D eigenvalue weighted by atomic mass is 9.96. The number of amides is 2. The number of hydrogen-bond donors (Lipinski definition) is 3. The normalized spacial score (nSPS) is 12.8. The molecule has 0 saturated carbocycles. The van der Waals surface area contributed by atoms with Crippen molar-refractivity contribution in [3.05, 3.63) is 0 Å². The van der Waals surface area contributed by atoms with Crippen LogP contribution in [0.2, 0.25) is 0 Å². The van der Waals surface area contributed by atoms with E-state index in [9.17, 15) is 9.59 Å². The maximum atomic E-state index is 11.9. The van der Waals surface area contributed by atoms with Gasteiger partial charge in [0.2, 0.25) is 11.8 Å².